The minimum Gasteiger partial charge on any atom is -0.468 e. The number of fused-ring (bicyclic) bond motifs is 1. The minimum absolute atomic E-state index is 0.0305. The third-order valence-electron chi connectivity index (χ3n) is 5.78. The molecule has 2 heterocycles. The summed E-state index contributed by atoms with van der Waals surface area (Å²) in [6.07, 6.45) is 5.65. The summed E-state index contributed by atoms with van der Waals surface area (Å²) < 4.78 is 5.33. The van der Waals surface area contributed by atoms with Crippen LogP contribution in [0.3, 0.4) is 0 Å². The highest BCUT2D eigenvalue weighted by molar-refractivity contribution is 7.98. The smallest absolute Gasteiger partial charge is 0.289 e. The molecule has 6 N–H and O–H groups in total. The molecule has 1 amide bonds. The third kappa shape index (κ3) is 6.19. The van der Waals surface area contributed by atoms with Crippen LogP contribution in [0.2, 0.25) is 0 Å². The van der Waals surface area contributed by atoms with Crippen LogP contribution in [0.1, 0.15) is 47.6 Å². The fourth-order valence-electron chi connectivity index (χ4n) is 4.14. The zero-order valence-corrected chi connectivity index (χ0v) is 20.1. The first-order valence-corrected chi connectivity index (χ1v) is 12.7. The molecule has 0 saturated heterocycles. The molecule has 1 saturated carbocycles. The monoisotopic (exact) mass is 481 g/mol. The van der Waals surface area contributed by atoms with Gasteiger partial charge in [-0.25, -0.2) is 15.0 Å². The number of benzene rings is 1. The second-order valence-corrected chi connectivity index (χ2v) is 9.57. The van der Waals surface area contributed by atoms with Crippen LogP contribution in [0.15, 0.2) is 46.0 Å². The topological polar surface area (TPSA) is 144 Å². The van der Waals surface area contributed by atoms with Crippen molar-refractivity contribution >= 4 is 40.3 Å². The SMILES string of the molecule is Cc1ccc2nc(C(=O)NCCSCc3ccco3)nc(NC3CCCCC3N=C(N)N)c2c1. The number of aliphatic imine (C=N–C) groups is 1. The van der Waals surface area contributed by atoms with Gasteiger partial charge in [-0.1, -0.05) is 24.5 Å². The molecule has 1 aliphatic rings. The van der Waals surface area contributed by atoms with Gasteiger partial charge in [0.1, 0.15) is 11.6 Å². The van der Waals surface area contributed by atoms with Gasteiger partial charge in [0.25, 0.3) is 5.91 Å². The molecule has 0 bridgehead atoms. The summed E-state index contributed by atoms with van der Waals surface area (Å²) in [6.45, 7) is 2.53. The van der Waals surface area contributed by atoms with Crippen molar-refractivity contribution < 1.29 is 9.21 Å². The number of rotatable bonds is 9. The first-order chi connectivity index (χ1) is 16.5. The van der Waals surface area contributed by atoms with Gasteiger partial charge in [-0.3, -0.25) is 4.79 Å². The van der Waals surface area contributed by atoms with Crippen molar-refractivity contribution in [3.05, 3.63) is 53.7 Å². The zero-order valence-electron chi connectivity index (χ0n) is 19.3. The van der Waals surface area contributed by atoms with E-state index in [0.29, 0.717) is 12.4 Å². The first-order valence-electron chi connectivity index (χ1n) is 11.5. The maximum Gasteiger partial charge on any atom is 0.289 e. The van der Waals surface area contributed by atoms with E-state index >= 15 is 0 Å². The quantitative estimate of drug-likeness (QED) is 0.207. The number of aryl methyl sites for hydroxylation is 1. The van der Waals surface area contributed by atoms with Crippen LogP contribution >= 0.6 is 11.8 Å². The molecule has 0 radical (unpaired) electrons. The second kappa shape index (κ2) is 11.2. The van der Waals surface area contributed by atoms with E-state index < -0.39 is 0 Å². The number of carbonyl (C=O) groups is 1. The van der Waals surface area contributed by atoms with E-state index in [-0.39, 0.29) is 29.8 Å². The van der Waals surface area contributed by atoms with Gasteiger partial charge in [0.05, 0.1) is 29.6 Å². The Morgan fingerprint density at radius 3 is 2.88 bits per heavy atom. The number of carbonyl (C=O) groups excluding carboxylic acids is 1. The molecule has 4 rings (SSSR count). The van der Waals surface area contributed by atoms with Gasteiger partial charge >= 0.3 is 0 Å². The van der Waals surface area contributed by atoms with Crippen LogP contribution in [0.5, 0.6) is 0 Å². The number of guanidine groups is 1. The number of nitrogens with zero attached hydrogens (tertiary/aromatic N) is 3. The number of nitrogens with one attached hydrogen (secondary N) is 2. The summed E-state index contributed by atoms with van der Waals surface area (Å²) >= 11 is 1.69. The van der Waals surface area contributed by atoms with E-state index in [2.05, 4.69) is 25.6 Å². The molecule has 10 heteroatoms. The lowest BCUT2D eigenvalue weighted by Crippen LogP contribution is -2.38. The fraction of sp³-hybridized carbons (Fsp3) is 0.417. The van der Waals surface area contributed by atoms with Crippen LogP contribution in [0.4, 0.5) is 5.82 Å². The molecule has 2 atom stereocenters. The van der Waals surface area contributed by atoms with Crippen molar-refractivity contribution in [2.45, 2.75) is 50.4 Å². The lowest BCUT2D eigenvalue weighted by molar-refractivity contribution is 0.0946. The van der Waals surface area contributed by atoms with E-state index in [1.165, 1.54) is 0 Å². The third-order valence-corrected chi connectivity index (χ3v) is 6.76. The number of nitrogens with two attached hydrogens (primary N) is 2. The average molecular weight is 482 g/mol. The Hall–Kier alpha value is -3.27. The molecule has 3 aromatic rings. The van der Waals surface area contributed by atoms with Crippen LogP contribution in [0, 0.1) is 6.92 Å². The average Bonchev–Trinajstić information content (AvgIpc) is 3.33. The summed E-state index contributed by atoms with van der Waals surface area (Å²) in [5, 5.41) is 7.33. The van der Waals surface area contributed by atoms with Gasteiger partial charge in [-0.15, -0.1) is 0 Å². The highest BCUT2D eigenvalue weighted by Crippen LogP contribution is 2.28. The lowest BCUT2D eigenvalue weighted by atomic mass is 9.90. The van der Waals surface area contributed by atoms with Crippen molar-refractivity contribution in [2.24, 2.45) is 16.5 Å². The Balaban J connectivity index is 1.48. The van der Waals surface area contributed by atoms with Crippen LogP contribution < -0.4 is 22.1 Å². The maximum atomic E-state index is 12.9. The van der Waals surface area contributed by atoms with Gasteiger partial charge in [-0.05, 0) is 44.0 Å². The summed E-state index contributed by atoms with van der Waals surface area (Å²) in [4.78, 5) is 26.4. The molecule has 2 aromatic heterocycles. The van der Waals surface area contributed by atoms with Gasteiger partial charge in [0.15, 0.2) is 5.96 Å². The predicted molar refractivity (Wildman–Crippen MR) is 137 cm³/mol. The largest absolute Gasteiger partial charge is 0.468 e. The molecule has 0 spiro atoms. The Kier molecular flexibility index (Phi) is 7.89. The van der Waals surface area contributed by atoms with E-state index in [4.69, 9.17) is 15.9 Å². The number of furan rings is 1. The molecule has 34 heavy (non-hydrogen) atoms. The van der Waals surface area contributed by atoms with Crippen molar-refractivity contribution in [1.82, 2.24) is 15.3 Å². The summed E-state index contributed by atoms with van der Waals surface area (Å²) in [5.74, 6) is 3.01. The van der Waals surface area contributed by atoms with E-state index in [9.17, 15) is 4.79 Å². The molecule has 9 nitrogen and oxygen atoms in total. The summed E-state index contributed by atoms with van der Waals surface area (Å²) in [7, 11) is 0. The highest BCUT2D eigenvalue weighted by atomic mass is 32.2. The van der Waals surface area contributed by atoms with Gasteiger partial charge in [0, 0.05) is 17.7 Å². The number of hydrogen-bond donors (Lipinski definition) is 4. The summed E-state index contributed by atoms with van der Waals surface area (Å²) in [6, 6.07) is 9.74. The first kappa shape index (κ1) is 23.9. The van der Waals surface area contributed by atoms with Gasteiger partial charge in [0.2, 0.25) is 5.82 Å². The number of anilines is 1. The number of hydrogen-bond acceptors (Lipinski definition) is 7. The Bertz CT molecular complexity index is 1150. The van der Waals surface area contributed by atoms with Crippen LogP contribution in [0.25, 0.3) is 10.9 Å². The Morgan fingerprint density at radius 2 is 2.09 bits per heavy atom. The van der Waals surface area contributed by atoms with Crippen molar-refractivity contribution in [2.75, 3.05) is 17.6 Å². The molecule has 0 aliphatic heterocycles. The molecule has 1 aromatic carbocycles. The Morgan fingerprint density at radius 1 is 1.24 bits per heavy atom. The molecular weight excluding hydrogens is 450 g/mol. The highest BCUT2D eigenvalue weighted by Gasteiger charge is 2.26. The van der Waals surface area contributed by atoms with Gasteiger partial charge in [-0.2, -0.15) is 11.8 Å². The van der Waals surface area contributed by atoms with E-state index in [0.717, 1.165) is 59.4 Å². The summed E-state index contributed by atoms with van der Waals surface area (Å²) in [5.41, 5.74) is 13.1. The van der Waals surface area contributed by atoms with Crippen molar-refractivity contribution in [3.8, 4) is 0 Å². The standard InChI is InChI=1S/C24H31N7O2S/c1-15-8-9-18-17(13-15)21(29-19-6-2-3-7-20(19)30-24(25)26)31-22(28-18)23(32)27-10-12-34-14-16-5-4-11-33-16/h4-5,8-9,11,13,19-20H,2-3,6-7,10,12,14H2,1H3,(H,27,32)(H4,25,26,30)(H,28,29,31). The molecular formula is C24H31N7O2S. The number of aromatic nitrogens is 2. The number of thioether (sulfide) groups is 1. The number of amides is 1. The minimum atomic E-state index is -0.298. The lowest BCUT2D eigenvalue weighted by Gasteiger charge is -2.30. The zero-order chi connectivity index (χ0) is 23.9. The molecule has 1 fully saturated rings. The molecule has 1 aliphatic carbocycles. The van der Waals surface area contributed by atoms with E-state index in [1.807, 2.05) is 37.3 Å². The fourth-order valence-corrected chi connectivity index (χ4v) is 4.89. The normalized spacial score (nSPS) is 17.9. The predicted octanol–water partition coefficient (Wildman–Crippen LogP) is 3.19. The van der Waals surface area contributed by atoms with Crippen LogP contribution in [-0.2, 0) is 5.75 Å². The van der Waals surface area contributed by atoms with Gasteiger partial charge < -0.3 is 26.5 Å². The second-order valence-electron chi connectivity index (χ2n) is 8.46. The van der Waals surface area contributed by atoms with Crippen molar-refractivity contribution in [3.63, 3.8) is 0 Å². The van der Waals surface area contributed by atoms with Crippen LogP contribution in [-0.4, -0.2) is 46.2 Å². The molecule has 180 valence electrons. The maximum absolute atomic E-state index is 12.9. The van der Waals surface area contributed by atoms with E-state index in [1.54, 1.807) is 18.0 Å². The van der Waals surface area contributed by atoms with Crippen molar-refractivity contribution in [1.29, 1.82) is 0 Å². The Labute approximate surface area is 203 Å². The molecule has 2 unspecified atom stereocenters.